The van der Waals surface area contributed by atoms with Gasteiger partial charge in [-0.15, -0.1) is 35.0 Å². The molecule has 3 nitrogen and oxygen atoms in total. The quantitative estimate of drug-likeness (QED) is 0.773. The number of rotatable bonds is 2. The van der Waals surface area contributed by atoms with Crippen LogP contribution in [0.1, 0.15) is 6.42 Å². The van der Waals surface area contributed by atoms with E-state index in [4.69, 9.17) is 6.42 Å². The van der Waals surface area contributed by atoms with Gasteiger partial charge in [0.05, 0.1) is 10.6 Å². The molecule has 3 heterocycles. The zero-order valence-corrected chi connectivity index (χ0v) is 13.0. The fourth-order valence-electron chi connectivity index (χ4n) is 1.97. The number of hydrogen-bond donors (Lipinski definition) is 0. The molecule has 6 heteroatoms. The standard InChI is InChI=1S/C13H9BrN2OS2/c1-2-8-5-11(17)16(6-8)13-15-10(7-19-13)12-9(14)3-4-18-12/h1,3-4,7-8H,5-6H2. The number of amides is 1. The van der Waals surface area contributed by atoms with E-state index in [9.17, 15) is 4.79 Å². The van der Waals surface area contributed by atoms with Crippen molar-refractivity contribution in [3.8, 4) is 22.9 Å². The zero-order valence-electron chi connectivity index (χ0n) is 9.80. The van der Waals surface area contributed by atoms with Crippen LogP contribution in [0.2, 0.25) is 0 Å². The minimum absolute atomic E-state index is 0.00771. The van der Waals surface area contributed by atoms with Crippen LogP contribution in [0.25, 0.3) is 10.6 Å². The molecule has 1 aliphatic heterocycles. The Morgan fingerprint density at radius 3 is 3.00 bits per heavy atom. The van der Waals surface area contributed by atoms with Crippen molar-refractivity contribution in [1.29, 1.82) is 0 Å². The molecule has 0 bridgehead atoms. The van der Waals surface area contributed by atoms with Gasteiger partial charge >= 0.3 is 0 Å². The van der Waals surface area contributed by atoms with Gasteiger partial charge in [-0.3, -0.25) is 9.69 Å². The second kappa shape index (κ2) is 5.08. The Bertz CT molecular complexity index is 670. The number of carbonyl (C=O) groups excluding carboxylic acids is 1. The first-order chi connectivity index (χ1) is 9.19. The highest BCUT2D eigenvalue weighted by Gasteiger charge is 2.31. The van der Waals surface area contributed by atoms with E-state index in [1.54, 1.807) is 16.2 Å². The van der Waals surface area contributed by atoms with Crippen molar-refractivity contribution in [2.45, 2.75) is 6.42 Å². The van der Waals surface area contributed by atoms with Gasteiger partial charge < -0.3 is 0 Å². The molecule has 1 fully saturated rings. The van der Waals surface area contributed by atoms with E-state index in [2.05, 4.69) is 26.8 Å². The Labute approximate surface area is 127 Å². The van der Waals surface area contributed by atoms with Crippen molar-refractivity contribution in [3.05, 3.63) is 21.3 Å². The molecule has 1 amide bonds. The van der Waals surface area contributed by atoms with Crippen LogP contribution in [-0.2, 0) is 4.79 Å². The molecule has 0 radical (unpaired) electrons. The predicted octanol–water partition coefficient (Wildman–Crippen LogP) is 3.62. The zero-order chi connectivity index (χ0) is 13.4. The summed E-state index contributed by atoms with van der Waals surface area (Å²) in [6.45, 7) is 0.577. The predicted molar refractivity (Wildman–Crippen MR) is 82.4 cm³/mol. The van der Waals surface area contributed by atoms with Crippen molar-refractivity contribution in [2.24, 2.45) is 5.92 Å². The molecule has 1 unspecified atom stereocenters. The molecule has 1 aliphatic rings. The average molecular weight is 353 g/mol. The maximum absolute atomic E-state index is 11.9. The Morgan fingerprint density at radius 1 is 1.53 bits per heavy atom. The van der Waals surface area contributed by atoms with Crippen molar-refractivity contribution < 1.29 is 4.79 Å². The van der Waals surface area contributed by atoms with Crippen LogP contribution in [0, 0.1) is 18.3 Å². The van der Waals surface area contributed by atoms with Crippen molar-refractivity contribution in [2.75, 3.05) is 11.4 Å². The van der Waals surface area contributed by atoms with Gasteiger partial charge in [0.2, 0.25) is 5.91 Å². The Morgan fingerprint density at radius 2 is 2.37 bits per heavy atom. The van der Waals surface area contributed by atoms with E-state index in [1.165, 1.54) is 11.3 Å². The highest BCUT2D eigenvalue weighted by atomic mass is 79.9. The molecule has 1 saturated heterocycles. The van der Waals surface area contributed by atoms with E-state index in [-0.39, 0.29) is 11.8 Å². The van der Waals surface area contributed by atoms with E-state index >= 15 is 0 Å². The molecule has 3 rings (SSSR count). The third-order valence-electron chi connectivity index (χ3n) is 2.93. The highest BCUT2D eigenvalue weighted by molar-refractivity contribution is 9.10. The lowest BCUT2D eigenvalue weighted by molar-refractivity contribution is -0.117. The van der Waals surface area contributed by atoms with Crippen LogP contribution in [0.3, 0.4) is 0 Å². The highest BCUT2D eigenvalue weighted by Crippen LogP contribution is 2.37. The molecular weight excluding hydrogens is 344 g/mol. The van der Waals surface area contributed by atoms with Gasteiger partial charge in [0, 0.05) is 28.7 Å². The summed E-state index contributed by atoms with van der Waals surface area (Å²) >= 11 is 6.60. The van der Waals surface area contributed by atoms with Gasteiger partial charge in [0.15, 0.2) is 5.13 Å². The lowest BCUT2D eigenvalue weighted by Crippen LogP contribution is -2.24. The number of terminal acetylenes is 1. The van der Waals surface area contributed by atoms with Crippen LogP contribution >= 0.6 is 38.6 Å². The van der Waals surface area contributed by atoms with Crippen LogP contribution in [0.15, 0.2) is 21.3 Å². The summed E-state index contributed by atoms with van der Waals surface area (Å²) in [7, 11) is 0. The lowest BCUT2D eigenvalue weighted by Gasteiger charge is -2.10. The second-order valence-electron chi connectivity index (χ2n) is 4.19. The average Bonchev–Trinajstić information content (AvgIpc) is 3.07. The summed E-state index contributed by atoms with van der Waals surface area (Å²) in [4.78, 5) is 19.2. The topological polar surface area (TPSA) is 33.2 Å². The number of carbonyl (C=O) groups is 1. The molecule has 0 aromatic carbocycles. The first-order valence-corrected chi connectivity index (χ1v) is 8.19. The molecule has 0 aliphatic carbocycles. The van der Waals surface area contributed by atoms with E-state index < -0.39 is 0 Å². The van der Waals surface area contributed by atoms with E-state index in [0.717, 1.165) is 20.2 Å². The Kier molecular flexibility index (Phi) is 3.44. The molecule has 0 saturated carbocycles. The first kappa shape index (κ1) is 12.9. The SMILES string of the molecule is C#CC1CC(=O)N(c2nc(-c3sccc3Br)cs2)C1. The number of aromatic nitrogens is 1. The largest absolute Gasteiger partial charge is 0.287 e. The number of hydrogen-bond acceptors (Lipinski definition) is 4. The first-order valence-electron chi connectivity index (χ1n) is 5.64. The summed E-state index contributed by atoms with van der Waals surface area (Å²) in [5, 5.41) is 4.72. The third-order valence-corrected chi connectivity index (χ3v) is 5.66. The molecule has 2 aromatic heterocycles. The van der Waals surface area contributed by atoms with E-state index in [1.807, 2.05) is 16.8 Å². The monoisotopic (exact) mass is 352 g/mol. The number of thiazole rings is 1. The van der Waals surface area contributed by atoms with Crippen molar-refractivity contribution in [3.63, 3.8) is 0 Å². The maximum atomic E-state index is 11.9. The number of nitrogens with zero attached hydrogens (tertiary/aromatic N) is 2. The summed E-state index contributed by atoms with van der Waals surface area (Å²) in [5.41, 5.74) is 0.902. The van der Waals surface area contributed by atoms with Gasteiger partial charge in [-0.05, 0) is 27.4 Å². The molecule has 0 spiro atoms. The lowest BCUT2D eigenvalue weighted by atomic mass is 10.1. The van der Waals surface area contributed by atoms with Gasteiger partial charge in [0.1, 0.15) is 0 Å². The van der Waals surface area contributed by atoms with Crippen LogP contribution in [0.4, 0.5) is 5.13 Å². The van der Waals surface area contributed by atoms with Gasteiger partial charge in [-0.2, -0.15) is 0 Å². The number of halogens is 1. The summed E-state index contributed by atoms with van der Waals surface area (Å²) in [6, 6.07) is 1.99. The fraction of sp³-hybridized carbons (Fsp3) is 0.231. The maximum Gasteiger partial charge on any atom is 0.230 e. The Balaban J connectivity index is 1.89. The molecule has 19 heavy (non-hydrogen) atoms. The minimum Gasteiger partial charge on any atom is -0.287 e. The number of thiophene rings is 1. The van der Waals surface area contributed by atoms with Crippen LogP contribution in [-0.4, -0.2) is 17.4 Å². The molecule has 96 valence electrons. The molecule has 1 atom stereocenters. The summed E-state index contributed by atoms with van der Waals surface area (Å²) in [6.07, 6.45) is 5.81. The number of anilines is 1. The van der Waals surface area contributed by atoms with Crippen molar-refractivity contribution in [1.82, 2.24) is 4.98 Å². The van der Waals surface area contributed by atoms with Crippen molar-refractivity contribution >= 4 is 49.6 Å². The fourth-order valence-corrected chi connectivity index (χ4v) is 4.43. The smallest absolute Gasteiger partial charge is 0.230 e. The van der Waals surface area contributed by atoms with E-state index in [0.29, 0.717) is 13.0 Å². The molecule has 0 N–H and O–H groups in total. The minimum atomic E-state index is 0.00771. The molecular formula is C13H9BrN2OS2. The third kappa shape index (κ3) is 2.34. The second-order valence-corrected chi connectivity index (χ2v) is 6.79. The van der Waals surface area contributed by atoms with Gasteiger partial charge in [0.25, 0.3) is 0 Å². The van der Waals surface area contributed by atoms with Gasteiger partial charge in [-0.25, -0.2) is 4.98 Å². The van der Waals surface area contributed by atoms with Crippen LogP contribution < -0.4 is 4.90 Å². The normalized spacial score (nSPS) is 18.8. The van der Waals surface area contributed by atoms with Crippen LogP contribution in [0.5, 0.6) is 0 Å². The summed E-state index contributed by atoms with van der Waals surface area (Å²) < 4.78 is 1.03. The summed E-state index contributed by atoms with van der Waals surface area (Å²) in [5.74, 6) is 2.72. The Hall–Kier alpha value is -1.16. The van der Waals surface area contributed by atoms with Gasteiger partial charge in [-0.1, -0.05) is 0 Å². The molecule has 2 aromatic rings.